The van der Waals surface area contributed by atoms with Gasteiger partial charge < -0.3 is 25.0 Å². The molecule has 0 saturated carbocycles. The maximum absolute atomic E-state index is 12.6. The van der Waals surface area contributed by atoms with E-state index in [0.29, 0.717) is 6.42 Å². The van der Waals surface area contributed by atoms with Crippen LogP contribution in [0.4, 0.5) is 4.79 Å². The minimum Gasteiger partial charge on any atom is -0.449 e. The normalized spacial score (nSPS) is 24.7. The first-order valence-corrected chi connectivity index (χ1v) is 11.3. The monoisotopic (exact) mass is 449 g/mol. The molecule has 0 aromatic heterocycles. The lowest BCUT2D eigenvalue weighted by Crippen LogP contribution is -2.41. The number of fused-ring (bicyclic) bond motifs is 3. The summed E-state index contributed by atoms with van der Waals surface area (Å²) in [5.41, 5.74) is 4.52. The number of carbonyl (C=O) groups is 2. The molecule has 2 aliphatic rings. The van der Waals surface area contributed by atoms with Gasteiger partial charge in [0.25, 0.3) is 0 Å². The van der Waals surface area contributed by atoms with E-state index in [1.54, 1.807) is 6.92 Å². The van der Waals surface area contributed by atoms with Crippen LogP contribution in [0, 0.1) is 0 Å². The maximum Gasteiger partial charge on any atom is 0.407 e. The van der Waals surface area contributed by atoms with Gasteiger partial charge in [0.05, 0.1) is 18.2 Å². The molecular formula is C25H28BNO6. The number of hydrogen-bond donors (Lipinski definition) is 3. The first-order chi connectivity index (χ1) is 15.9. The van der Waals surface area contributed by atoms with E-state index < -0.39 is 36.5 Å². The van der Waals surface area contributed by atoms with Crippen molar-refractivity contribution >= 4 is 19.7 Å². The molecule has 1 aliphatic carbocycles. The Hall–Kier alpha value is -2.68. The second-order valence-corrected chi connectivity index (χ2v) is 8.56. The van der Waals surface area contributed by atoms with Crippen LogP contribution >= 0.6 is 0 Å². The third-order valence-electron chi connectivity index (χ3n) is 6.51. The molecule has 1 fully saturated rings. The highest BCUT2D eigenvalue weighted by atomic mass is 16.5. The average molecular weight is 449 g/mol. The van der Waals surface area contributed by atoms with Crippen LogP contribution in [-0.4, -0.2) is 66.9 Å². The van der Waals surface area contributed by atoms with Crippen LogP contribution < -0.4 is 5.32 Å². The zero-order chi connectivity index (χ0) is 23.5. The lowest BCUT2D eigenvalue weighted by molar-refractivity contribution is -0.122. The van der Waals surface area contributed by atoms with Gasteiger partial charge in [0.15, 0.2) is 5.78 Å². The molecule has 2 radical (unpaired) electrons. The third kappa shape index (κ3) is 4.83. The van der Waals surface area contributed by atoms with Crippen molar-refractivity contribution in [2.75, 3.05) is 6.61 Å². The Labute approximate surface area is 194 Å². The van der Waals surface area contributed by atoms with Crippen LogP contribution in [0.3, 0.4) is 0 Å². The number of rotatable bonds is 8. The van der Waals surface area contributed by atoms with E-state index in [1.165, 1.54) is 0 Å². The number of amides is 1. The molecule has 2 aromatic rings. The molecule has 1 amide bonds. The summed E-state index contributed by atoms with van der Waals surface area (Å²) in [6.07, 6.45) is -3.00. The summed E-state index contributed by atoms with van der Waals surface area (Å²) in [6.45, 7) is 1.97. The van der Waals surface area contributed by atoms with Gasteiger partial charge in [-0.2, -0.15) is 0 Å². The minimum atomic E-state index is -1.17. The number of carbonyl (C=O) groups excluding carboxylic acids is 2. The molecule has 1 heterocycles. The average Bonchev–Trinajstić information content (AvgIpc) is 3.28. The SMILES string of the molecule is [B][C@@H]1O[C@H](CCC(=O)[C@H](CC)NC(=O)OCC2c3ccccc3-c3ccccc32)C(O)[C@@H]1O. The van der Waals surface area contributed by atoms with Gasteiger partial charge in [-0.3, -0.25) is 4.79 Å². The number of aliphatic hydroxyl groups is 2. The highest BCUT2D eigenvalue weighted by molar-refractivity contribution is 6.11. The Bertz CT molecular complexity index is 968. The Kier molecular flexibility index (Phi) is 7.17. The van der Waals surface area contributed by atoms with Crippen molar-refractivity contribution < 1.29 is 29.3 Å². The summed E-state index contributed by atoms with van der Waals surface area (Å²) in [7, 11) is 5.57. The van der Waals surface area contributed by atoms with Crippen LogP contribution in [0.15, 0.2) is 48.5 Å². The van der Waals surface area contributed by atoms with E-state index in [1.807, 2.05) is 36.4 Å². The number of aliphatic hydroxyl groups excluding tert-OH is 2. The molecule has 0 bridgehead atoms. The standard InChI is InChI=1S/C25H28BNO6/c1-2-19(20(28)11-12-21-22(29)23(30)24(26)33-21)27-25(31)32-13-18-16-9-5-3-7-14(16)15-8-4-6-10-17(15)18/h3-10,18-19,21-24,29-30H,2,11-13H2,1H3,(H,27,31)/t19-,21+,22?,23-,24+/m0/s1. The van der Waals surface area contributed by atoms with E-state index in [0.717, 1.165) is 22.3 Å². The maximum atomic E-state index is 12.6. The van der Waals surface area contributed by atoms with Crippen LogP contribution in [0.1, 0.15) is 43.2 Å². The smallest absolute Gasteiger partial charge is 0.407 e. The van der Waals surface area contributed by atoms with Crippen molar-refractivity contribution in [3.05, 3.63) is 59.7 Å². The number of alkyl carbamates (subject to hydrolysis) is 1. The fourth-order valence-electron chi connectivity index (χ4n) is 4.67. The number of hydrogen-bond acceptors (Lipinski definition) is 6. The van der Waals surface area contributed by atoms with Crippen LogP contribution in [0.5, 0.6) is 0 Å². The molecule has 2 aromatic carbocycles. The molecular weight excluding hydrogens is 421 g/mol. The third-order valence-corrected chi connectivity index (χ3v) is 6.51. The Morgan fingerprint density at radius 2 is 1.67 bits per heavy atom. The lowest BCUT2D eigenvalue weighted by Gasteiger charge is -2.19. The zero-order valence-corrected chi connectivity index (χ0v) is 18.5. The molecule has 0 spiro atoms. The molecule has 8 heteroatoms. The molecule has 172 valence electrons. The van der Waals surface area contributed by atoms with Gasteiger partial charge in [-0.1, -0.05) is 55.5 Å². The van der Waals surface area contributed by atoms with Crippen LogP contribution in [-0.2, 0) is 14.3 Å². The summed E-state index contributed by atoms with van der Waals surface area (Å²) in [4.78, 5) is 25.1. The first kappa shape index (κ1) is 23.5. The number of Topliss-reactive ketones (excluding diaryl/α,β-unsaturated/α-hetero) is 1. The van der Waals surface area contributed by atoms with Gasteiger partial charge in [0.1, 0.15) is 20.6 Å². The van der Waals surface area contributed by atoms with Crippen molar-refractivity contribution in [1.29, 1.82) is 0 Å². The van der Waals surface area contributed by atoms with Crippen molar-refractivity contribution in [2.45, 2.75) is 62.5 Å². The lowest BCUT2D eigenvalue weighted by atomic mass is 9.92. The van der Waals surface area contributed by atoms with Gasteiger partial charge in [-0.15, -0.1) is 0 Å². The Morgan fingerprint density at radius 1 is 1.06 bits per heavy atom. The molecule has 5 atom stereocenters. The number of nitrogens with one attached hydrogen (secondary N) is 1. The summed E-state index contributed by atoms with van der Waals surface area (Å²) >= 11 is 0. The van der Waals surface area contributed by atoms with Crippen molar-refractivity contribution in [3.8, 4) is 11.1 Å². The van der Waals surface area contributed by atoms with Gasteiger partial charge in [-0.25, -0.2) is 4.79 Å². The fraction of sp³-hybridized carbons (Fsp3) is 0.440. The van der Waals surface area contributed by atoms with Crippen molar-refractivity contribution in [3.63, 3.8) is 0 Å². The van der Waals surface area contributed by atoms with E-state index in [-0.39, 0.29) is 31.1 Å². The summed E-state index contributed by atoms with van der Waals surface area (Å²) in [5, 5.41) is 22.3. The van der Waals surface area contributed by atoms with Gasteiger partial charge in [0.2, 0.25) is 0 Å². The second-order valence-electron chi connectivity index (χ2n) is 8.56. The topological polar surface area (TPSA) is 105 Å². The molecule has 1 aliphatic heterocycles. The second kappa shape index (κ2) is 10.1. The fourth-order valence-corrected chi connectivity index (χ4v) is 4.67. The summed E-state index contributed by atoms with van der Waals surface area (Å²) in [5.74, 6) is -0.257. The van der Waals surface area contributed by atoms with Gasteiger partial charge in [0, 0.05) is 18.3 Å². The number of ketones is 1. The quantitative estimate of drug-likeness (QED) is 0.534. The Balaban J connectivity index is 1.31. The molecule has 3 N–H and O–H groups in total. The number of ether oxygens (including phenoxy) is 2. The predicted molar refractivity (Wildman–Crippen MR) is 123 cm³/mol. The highest BCUT2D eigenvalue weighted by Gasteiger charge is 2.39. The van der Waals surface area contributed by atoms with Crippen LogP contribution in [0.25, 0.3) is 11.1 Å². The van der Waals surface area contributed by atoms with Crippen molar-refractivity contribution in [2.24, 2.45) is 0 Å². The van der Waals surface area contributed by atoms with Crippen LogP contribution in [0.2, 0.25) is 0 Å². The minimum absolute atomic E-state index is 0.0597. The van der Waals surface area contributed by atoms with E-state index in [4.69, 9.17) is 17.3 Å². The molecule has 1 saturated heterocycles. The Morgan fingerprint density at radius 3 is 2.21 bits per heavy atom. The number of benzene rings is 2. The van der Waals surface area contributed by atoms with E-state index in [9.17, 15) is 19.8 Å². The zero-order valence-electron chi connectivity index (χ0n) is 18.5. The van der Waals surface area contributed by atoms with E-state index in [2.05, 4.69) is 17.4 Å². The highest BCUT2D eigenvalue weighted by Crippen LogP contribution is 2.44. The largest absolute Gasteiger partial charge is 0.449 e. The van der Waals surface area contributed by atoms with Gasteiger partial charge >= 0.3 is 6.09 Å². The summed E-state index contributed by atoms with van der Waals surface area (Å²) < 4.78 is 10.8. The predicted octanol–water partition coefficient (Wildman–Crippen LogP) is 2.27. The summed E-state index contributed by atoms with van der Waals surface area (Å²) in [6, 6.07) is 14.5. The van der Waals surface area contributed by atoms with Crippen molar-refractivity contribution in [1.82, 2.24) is 5.32 Å². The molecule has 1 unspecified atom stereocenters. The molecule has 7 nitrogen and oxygen atoms in total. The molecule has 4 rings (SSSR count). The van der Waals surface area contributed by atoms with Gasteiger partial charge in [-0.05, 0) is 35.1 Å². The van der Waals surface area contributed by atoms with E-state index >= 15 is 0 Å². The first-order valence-electron chi connectivity index (χ1n) is 11.3. The molecule has 33 heavy (non-hydrogen) atoms.